The van der Waals surface area contributed by atoms with Crippen LogP contribution in [0.5, 0.6) is 0 Å². The van der Waals surface area contributed by atoms with E-state index in [2.05, 4.69) is 40.6 Å². The highest BCUT2D eigenvalue weighted by Crippen LogP contribution is 2.26. The lowest BCUT2D eigenvalue weighted by atomic mass is 9.92. The molecule has 2 heteroatoms. The van der Waals surface area contributed by atoms with Crippen molar-refractivity contribution in [3.63, 3.8) is 0 Å². The summed E-state index contributed by atoms with van der Waals surface area (Å²) in [7, 11) is 0. The largest absolute Gasteiger partial charge is 0.366 e. The molecule has 0 aliphatic heterocycles. The maximum atomic E-state index is 4.50. The first-order chi connectivity index (χ1) is 8.93. The van der Waals surface area contributed by atoms with Gasteiger partial charge in [-0.2, -0.15) is 0 Å². The highest BCUT2D eigenvalue weighted by atomic mass is 15.0. The molecule has 1 aliphatic carbocycles. The number of hydrogen-bond donors (Lipinski definition) is 1. The van der Waals surface area contributed by atoms with Crippen molar-refractivity contribution >= 4 is 5.82 Å². The number of benzene rings is 1. The van der Waals surface area contributed by atoms with Gasteiger partial charge in [0.2, 0.25) is 0 Å². The van der Waals surface area contributed by atoms with E-state index < -0.39 is 0 Å². The van der Waals surface area contributed by atoms with Crippen LogP contribution >= 0.6 is 0 Å². The van der Waals surface area contributed by atoms with Crippen LogP contribution in [-0.4, -0.2) is 4.98 Å². The average molecular weight is 238 g/mol. The van der Waals surface area contributed by atoms with Gasteiger partial charge < -0.3 is 5.32 Å². The number of nitrogens with zero attached hydrogens (tertiary/aromatic N) is 1. The number of fused-ring (bicyclic) bond motifs is 1. The summed E-state index contributed by atoms with van der Waals surface area (Å²) in [5, 5.41) is 3.48. The third-order valence-corrected chi connectivity index (χ3v) is 3.58. The van der Waals surface area contributed by atoms with Crippen LogP contribution in [0, 0.1) is 0 Å². The average Bonchev–Trinajstić information content (AvgIpc) is 2.46. The van der Waals surface area contributed by atoms with E-state index in [1.807, 2.05) is 12.3 Å². The standard InChI is InChI=1S/C16H18N2/c1-2-6-13(7-3-1)12-18-16-15-9-5-4-8-14(15)10-11-17-16/h1-3,6-7,10-11H,4-5,8-9,12H2,(H,17,18). The lowest BCUT2D eigenvalue weighted by molar-refractivity contribution is 0.683. The van der Waals surface area contributed by atoms with E-state index in [1.54, 1.807) is 0 Å². The number of hydrogen-bond acceptors (Lipinski definition) is 2. The quantitative estimate of drug-likeness (QED) is 0.884. The Kier molecular flexibility index (Phi) is 3.26. The number of aryl methyl sites for hydroxylation is 1. The second kappa shape index (κ2) is 5.21. The lowest BCUT2D eigenvalue weighted by Crippen LogP contribution is -2.10. The summed E-state index contributed by atoms with van der Waals surface area (Å²) < 4.78 is 0. The van der Waals surface area contributed by atoms with Crippen molar-refractivity contribution < 1.29 is 0 Å². The van der Waals surface area contributed by atoms with Gasteiger partial charge in [0.15, 0.2) is 0 Å². The van der Waals surface area contributed by atoms with Gasteiger partial charge in [-0.1, -0.05) is 30.3 Å². The van der Waals surface area contributed by atoms with Gasteiger partial charge in [0, 0.05) is 12.7 Å². The Morgan fingerprint density at radius 2 is 1.83 bits per heavy atom. The molecule has 92 valence electrons. The van der Waals surface area contributed by atoms with Crippen LogP contribution in [0.1, 0.15) is 29.5 Å². The fraction of sp³-hybridized carbons (Fsp3) is 0.312. The van der Waals surface area contributed by atoms with E-state index in [-0.39, 0.29) is 0 Å². The monoisotopic (exact) mass is 238 g/mol. The van der Waals surface area contributed by atoms with Crippen LogP contribution in [0.3, 0.4) is 0 Å². The SMILES string of the molecule is c1ccc(CNc2nccc3c2CCCC3)cc1. The van der Waals surface area contributed by atoms with Crippen molar-refractivity contribution in [2.24, 2.45) is 0 Å². The summed E-state index contributed by atoms with van der Waals surface area (Å²) in [6.45, 7) is 0.851. The van der Waals surface area contributed by atoms with Crippen molar-refractivity contribution in [2.75, 3.05) is 5.32 Å². The third kappa shape index (κ3) is 2.37. The number of aromatic nitrogens is 1. The topological polar surface area (TPSA) is 24.9 Å². The normalized spacial score (nSPS) is 14.0. The van der Waals surface area contributed by atoms with Crippen molar-refractivity contribution in [1.29, 1.82) is 0 Å². The van der Waals surface area contributed by atoms with E-state index >= 15 is 0 Å². The van der Waals surface area contributed by atoms with E-state index in [4.69, 9.17) is 0 Å². The zero-order valence-corrected chi connectivity index (χ0v) is 10.5. The molecule has 0 saturated carbocycles. The van der Waals surface area contributed by atoms with E-state index in [9.17, 15) is 0 Å². The summed E-state index contributed by atoms with van der Waals surface area (Å²) >= 11 is 0. The molecule has 0 fully saturated rings. The van der Waals surface area contributed by atoms with Crippen molar-refractivity contribution in [3.05, 3.63) is 59.3 Å². The van der Waals surface area contributed by atoms with Gasteiger partial charge in [-0.15, -0.1) is 0 Å². The molecule has 3 rings (SSSR count). The Morgan fingerprint density at radius 1 is 1.00 bits per heavy atom. The minimum absolute atomic E-state index is 0.851. The molecule has 0 spiro atoms. The molecule has 0 saturated heterocycles. The molecule has 0 radical (unpaired) electrons. The molecule has 2 nitrogen and oxygen atoms in total. The van der Waals surface area contributed by atoms with Crippen LogP contribution in [0.25, 0.3) is 0 Å². The minimum atomic E-state index is 0.851. The summed E-state index contributed by atoms with van der Waals surface area (Å²) in [4.78, 5) is 4.50. The molecule has 1 aromatic heterocycles. The van der Waals surface area contributed by atoms with Gasteiger partial charge in [0.25, 0.3) is 0 Å². The first-order valence-electron chi connectivity index (χ1n) is 6.68. The smallest absolute Gasteiger partial charge is 0.129 e. The first-order valence-corrected chi connectivity index (χ1v) is 6.68. The number of pyridine rings is 1. The van der Waals surface area contributed by atoms with Crippen molar-refractivity contribution in [2.45, 2.75) is 32.2 Å². The Bertz CT molecular complexity index is 520. The Balaban J connectivity index is 1.77. The second-order valence-corrected chi connectivity index (χ2v) is 4.84. The van der Waals surface area contributed by atoms with Gasteiger partial charge in [-0.3, -0.25) is 0 Å². The molecule has 1 N–H and O–H groups in total. The highest BCUT2D eigenvalue weighted by Gasteiger charge is 2.13. The maximum Gasteiger partial charge on any atom is 0.129 e. The Hall–Kier alpha value is -1.83. The zero-order chi connectivity index (χ0) is 12.2. The molecule has 1 aliphatic rings. The predicted molar refractivity (Wildman–Crippen MR) is 74.6 cm³/mol. The van der Waals surface area contributed by atoms with Crippen LogP contribution in [0.4, 0.5) is 5.82 Å². The molecule has 2 aromatic rings. The molecular formula is C16H18N2. The van der Waals surface area contributed by atoms with Gasteiger partial charge >= 0.3 is 0 Å². The van der Waals surface area contributed by atoms with Crippen LogP contribution in [0.15, 0.2) is 42.6 Å². The molecule has 1 aromatic carbocycles. The molecule has 1 heterocycles. The fourth-order valence-electron chi connectivity index (χ4n) is 2.60. The predicted octanol–water partition coefficient (Wildman–Crippen LogP) is 3.57. The van der Waals surface area contributed by atoms with Crippen molar-refractivity contribution in [1.82, 2.24) is 4.98 Å². The van der Waals surface area contributed by atoms with Crippen LogP contribution < -0.4 is 5.32 Å². The molecule has 0 atom stereocenters. The molecule has 18 heavy (non-hydrogen) atoms. The second-order valence-electron chi connectivity index (χ2n) is 4.84. The third-order valence-electron chi connectivity index (χ3n) is 3.58. The van der Waals surface area contributed by atoms with Crippen LogP contribution in [0.2, 0.25) is 0 Å². The van der Waals surface area contributed by atoms with Gasteiger partial charge in [-0.25, -0.2) is 4.98 Å². The van der Waals surface area contributed by atoms with Gasteiger partial charge in [0.1, 0.15) is 5.82 Å². The first kappa shape index (κ1) is 11.3. The maximum absolute atomic E-state index is 4.50. The van der Waals surface area contributed by atoms with Gasteiger partial charge in [-0.05, 0) is 48.4 Å². The molecule has 0 unspecified atom stereocenters. The van der Waals surface area contributed by atoms with Crippen molar-refractivity contribution in [3.8, 4) is 0 Å². The number of anilines is 1. The van der Waals surface area contributed by atoms with Crippen LogP contribution in [-0.2, 0) is 19.4 Å². The number of rotatable bonds is 3. The Labute approximate surface area is 108 Å². The summed E-state index contributed by atoms with van der Waals surface area (Å²) in [6.07, 6.45) is 6.91. The summed E-state index contributed by atoms with van der Waals surface area (Å²) in [5.74, 6) is 1.08. The Morgan fingerprint density at radius 3 is 2.72 bits per heavy atom. The van der Waals surface area contributed by atoms with E-state index in [0.717, 1.165) is 12.4 Å². The number of nitrogens with one attached hydrogen (secondary N) is 1. The molecule has 0 bridgehead atoms. The lowest BCUT2D eigenvalue weighted by Gasteiger charge is -2.19. The minimum Gasteiger partial charge on any atom is -0.366 e. The summed E-state index contributed by atoms with van der Waals surface area (Å²) in [6, 6.07) is 12.6. The molecular weight excluding hydrogens is 220 g/mol. The van der Waals surface area contributed by atoms with E-state index in [1.165, 1.54) is 42.4 Å². The van der Waals surface area contributed by atoms with E-state index in [0.29, 0.717) is 0 Å². The summed E-state index contributed by atoms with van der Waals surface area (Å²) in [5.41, 5.74) is 4.21. The van der Waals surface area contributed by atoms with Gasteiger partial charge in [0.05, 0.1) is 0 Å². The highest BCUT2D eigenvalue weighted by molar-refractivity contribution is 5.49. The molecule has 0 amide bonds. The fourth-order valence-corrected chi connectivity index (χ4v) is 2.60. The zero-order valence-electron chi connectivity index (χ0n) is 10.5.